The summed E-state index contributed by atoms with van der Waals surface area (Å²) < 4.78 is 13.6. The topological polar surface area (TPSA) is 49.4 Å². The second kappa shape index (κ2) is 6.75. The molecule has 0 saturated carbocycles. The van der Waals surface area contributed by atoms with Crippen LogP contribution < -0.4 is 15.2 Å². The zero-order valence-electron chi connectivity index (χ0n) is 13.6. The molecule has 120 valence electrons. The Labute approximate surface area is 136 Å². The fraction of sp³-hybridized carbons (Fsp3) is 0.263. The molecule has 0 spiro atoms. The van der Waals surface area contributed by atoms with Gasteiger partial charge in [0, 0.05) is 24.0 Å². The first-order valence-corrected chi connectivity index (χ1v) is 7.83. The third-order valence-corrected chi connectivity index (χ3v) is 4.05. The zero-order valence-corrected chi connectivity index (χ0v) is 13.6. The van der Waals surface area contributed by atoms with E-state index in [-0.39, 0.29) is 0 Å². The van der Waals surface area contributed by atoms with Crippen molar-refractivity contribution in [2.45, 2.75) is 26.6 Å². The fourth-order valence-electron chi connectivity index (χ4n) is 2.89. The molecule has 4 nitrogen and oxygen atoms in total. The van der Waals surface area contributed by atoms with Gasteiger partial charge in [-0.15, -0.1) is 0 Å². The Morgan fingerprint density at radius 2 is 1.83 bits per heavy atom. The summed E-state index contributed by atoms with van der Waals surface area (Å²) in [5, 5.41) is 1.20. The first-order valence-electron chi connectivity index (χ1n) is 7.83. The quantitative estimate of drug-likeness (QED) is 0.755. The maximum atomic E-state index is 5.97. The van der Waals surface area contributed by atoms with E-state index < -0.39 is 0 Å². The molecule has 1 heterocycles. The smallest absolute Gasteiger partial charge is 0.161 e. The molecule has 23 heavy (non-hydrogen) atoms. The van der Waals surface area contributed by atoms with E-state index in [1.54, 1.807) is 7.11 Å². The van der Waals surface area contributed by atoms with Crippen LogP contribution in [0.25, 0.3) is 10.9 Å². The van der Waals surface area contributed by atoms with Crippen molar-refractivity contribution in [1.82, 2.24) is 4.57 Å². The van der Waals surface area contributed by atoms with Crippen molar-refractivity contribution in [2.75, 3.05) is 7.11 Å². The Balaban J connectivity index is 1.90. The van der Waals surface area contributed by atoms with Crippen molar-refractivity contribution in [3.63, 3.8) is 0 Å². The molecule has 0 aliphatic rings. The van der Waals surface area contributed by atoms with Gasteiger partial charge in [-0.1, -0.05) is 18.2 Å². The van der Waals surface area contributed by atoms with Crippen molar-refractivity contribution in [1.29, 1.82) is 0 Å². The number of aryl methyl sites for hydroxylation is 1. The van der Waals surface area contributed by atoms with E-state index in [2.05, 4.69) is 35.8 Å². The molecule has 0 unspecified atom stereocenters. The number of methoxy groups -OCH3 is 1. The van der Waals surface area contributed by atoms with E-state index in [4.69, 9.17) is 15.2 Å². The summed E-state index contributed by atoms with van der Waals surface area (Å²) in [7, 11) is 1.65. The van der Waals surface area contributed by atoms with Gasteiger partial charge < -0.3 is 19.8 Å². The number of aromatic nitrogens is 1. The van der Waals surface area contributed by atoms with Gasteiger partial charge in [0.2, 0.25) is 0 Å². The number of benzene rings is 2. The number of fused-ring (bicyclic) bond motifs is 1. The van der Waals surface area contributed by atoms with Gasteiger partial charge in [0.05, 0.1) is 12.8 Å². The highest BCUT2D eigenvalue weighted by Crippen LogP contribution is 2.28. The van der Waals surface area contributed by atoms with E-state index in [9.17, 15) is 0 Å². The second-order valence-corrected chi connectivity index (χ2v) is 5.42. The van der Waals surface area contributed by atoms with E-state index in [0.717, 1.165) is 29.3 Å². The summed E-state index contributed by atoms with van der Waals surface area (Å²) >= 11 is 0. The zero-order chi connectivity index (χ0) is 16.2. The highest BCUT2D eigenvalue weighted by atomic mass is 16.5. The van der Waals surface area contributed by atoms with Crippen molar-refractivity contribution in [3.8, 4) is 11.5 Å². The molecular weight excluding hydrogens is 288 g/mol. The first-order chi connectivity index (χ1) is 11.3. The molecule has 0 radical (unpaired) electrons. The Morgan fingerprint density at radius 1 is 1.04 bits per heavy atom. The molecule has 2 N–H and O–H groups in total. The largest absolute Gasteiger partial charge is 0.493 e. The van der Waals surface area contributed by atoms with E-state index in [0.29, 0.717) is 13.2 Å². The summed E-state index contributed by atoms with van der Waals surface area (Å²) in [6.45, 7) is 4.10. The number of ether oxygens (including phenoxy) is 2. The van der Waals surface area contributed by atoms with Gasteiger partial charge in [-0.05, 0) is 42.8 Å². The summed E-state index contributed by atoms with van der Waals surface area (Å²) in [6.07, 6.45) is 0. The molecule has 0 amide bonds. The minimum Gasteiger partial charge on any atom is -0.493 e. The Morgan fingerprint density at radius 3 is 2.52 bits per heavy atom. The third-order valence-electron chi connectivity index (χ3n) is 4.05. The molecule has 0 atom stereocenters. The number of rotatable bonds is 6. The van der Waals surface area contributed by atoms with Crippen LogP contribution in [0, 0.1) is 0 Å². The fourth-order valence-corrected chi connectivity index (χ4v) is 2.89. The van der Waals surface area contributed by atoms with Crippen LogP contribution in [0.5, 0.6) is 11.5 Å². The summed E-state index contributed by atoms with van der Waals surface area (Å²) in [5.41, 5.74) is 9.23. The summed E-state index contributed by atoms with van der Waals surface area (Å²) in [4.78, 5) is 0. The predicted octanol–water partition coefficient (Wildman–Crippen LogP) is 3.71. The molecule has 1 aromatic heterocycles. The summed E-state index contributed by atoms with van der Waals surface area (Å²) in [6, 6.07) is 16.2. The molecule has 3 aromatic rings. The molecule has 2 aromatic carbocycles. The van der Waals surface area contributed by atoms with Crippen LogP contribution in [-0.2, 0) is 19.7 Å². The standard InChI is InChI=1S/C19H22N2O2/c1-3-21-16(11-15-10-14(12-20)8-9-17(15)21)13-23-19-7-5-4-6-18(19)22-2/h4-11H,3,12-13,20H2,1-2H3. The molecule has 0 aliphatic heterocycles. The molecule has 3 rings (SSSR count). The maximum absolute atomic E-state index is 5.97. The van der Waals surface area contributed by atoms with Gasteiger partial charge in [0.25, 0.3) is 0 Å². The van der Waals surface area contributed by atoms with E-state index in [1.807, 2.05) is 24.3 Å². The SMILES string of the molecule is CCn1c(COc2ccccc2OC)cc2cc(CN)ccc21. The number of nitrogens with two attached hydrogens (primary N) is 1. The van der Waals surface area contributed by atoms with Crippen LogP contribution in [0.1, 0.15) is 18.2 Å². The number of hydrogen-bond acceptors (Lipinski definition) is 3. The minimum atomic E-state index is 0.501. The highest BCUT2D eigenvalue weighted by Gasteiger charge is 2.10. The van der Waals surface area contributed by atoms with Gasteiger partial charge >= 0.3 is 0 Å². The number of para-hydroxylation sites is 2. The highest BCUT2D eigenvalue weighted by molar-refractivity contribution is 5.82. The minimum absolute atomic E-state index is 0.501. The molecule has 0 aliphatic carbocycles. The lowest BCUT2D eigenvalue weighted by Crippen LogP contribution is -2.05. The second-order valence-electron chi connectivity index (χ2n) is 5.42. The Bertz CT molecular complexity index is 808. The normalized spacial score (nSPS) is 10.9. The van der Waals surface area contributed by atoms with E-state index >= 15 is 0 Å². The number of nitrogens with zero attached hydrogens (tertiary/aromatic N) is 1. The van der Waals surface area contributed by atoms with Crippen LogP contribution in [0.3, 0.4) is 0 Å². The average Bonchev–Trinajstić information content (AvgIpc) is 2.96. The number of hydrogen-bond donors (Lipinski definition) is 1. The van der Waals surface area contributed by atoms with Gasteiger partial charge in [0.1, 0.15) is 6.61 Å². The first kappa shape index (κ1) is 15.4. The lowest BCUT2D eigenvalue weighted by atomic mass is 10.1. The summed E-state index contributed by atoms with van der Waals surface area (Å²) in [5.74, 6) is 1.50. The van der Waals surface area contributed by atoms with Crippen molar-refractivity contribution >= 4 is 10.9 Å². The van der Waals surface area contributed by atoms with Gasteiger partial charge in [-0.25, -0.2) is 0 Å². The van der Waals surface area contributed by atoms with Gasteiger partial charge in [-0.3, -0.25) is 0 Å². The van der Waals surface area contributed by atoms with Crippen LogP contribution >= 0.6 is 0 Å². The van der Waals surface area contributed by atoms with Crippen molar-refractivity contribution < 1.29 is 9.47 Å². The van der Waals surface area contributed by atoms with Crippen molar-refractivity contribution in [2.24, 2.45) is 5.73 Å². The Hall–Kier alpha value is -2.46. The molecular formula is C19H22N2O2. The van der Waals surface area contributed by atoms with E-state index in [1.165, 1.54) is 10.9 Å². The molecule has 0 bridgehead atoms. The van der Waals surface area contributed by atoms with Crippen molar-refractivity contribution in [3.05, 3.63) is 59.8 Å². The average molecular weight is 310 g/mol. The molecule has 0 saturated heterocycles. The van der Waals surface area contributed by atoms with Crippen LogP contribution in [-0.4, -0.2) is 11.7 Å². The maximum Gasteiger partial charge on any atom is 0.161 e. The van der Waals surface area contributed by atoms with Gasteiger partial charge in [-0.2, -0.15) is 0 Å². The van der Waals surface area contributed by atoms with Crippen LogP contribution in [0.2, 0.25) is 0 Å². The molecule has 4 heteroatoms. The lowest BCUT2D eigenvalue weighted by molar-refractivity contribution is 0.277. The monoisotopic (exact) mass is 310 g/mol. The predicted molar refractivity (Wildman–Crippen MR) is 92.8 cm³/mol. The third kappa shape index (κ3) is 3.03. The van der Waals surface area contributed by atoms with Crippen LogP contribution in [0.4, 0.5) is 0 Å². The Kier molecular flexibility index (Phi) is 4.53. The van der Waals surface area contributed by atoms with Gasteiger partial charge in [0.15, 0.2) is 11.5 Å². The molecule has 0 fully saturated rings. The lowest BCUT2D eigenvalue weighted by Gasteiger charge is -2.12. The van der Waals surface area contributed by atoms with Crippen LogP contribution in [0.15, 0.2) is 48.5 Å².